The van der Waals surface area contributed by atoms with Crippen LogP contribution in [0.3, 0.4) is 0 Å². The minimum absolute atomic E-state index is 0.196. The summed E-state index contributed by atoms with van der Waals surface area (Å²) in [5.74, 6) is -0.0241. The Kier molecular flexibility index (Phi) is 4.49. The number of ether oxygens (including phenoxy) is 2. The highest BCUT2D eigenvalue weighted by Gasteiger charge is 2.16. The van der Waals surface area contributed by atoms with Gasteiger partial charge in [0.2, 0.25) is 6.20 Å². The van der Waals surface area contributed by atoms with E-state index in [4.69, 9.17) is 26.8 Å². The van der Waals surface area contributed by atoms with Crippen molar-refractivity contribution in [2.75, 3.05) is 12.3 Å². The number of nitrogen functional groups attached to an aromatic ring is 1. The van der Waals surface area contributed by atoms with E-state index in [-0.39, 0.29) is 28.7 Å². The number of pyridine rings is 1. The van der Waals surface area contributed by atoms with Gasteiger partial charge in [0.15, 0.2) is 5.75 Å². The topological polar surface area (TPSA) is 85.7 Å². The van der Waals surface area contributed by atoms with Crippen molar-refractivity contribution in [3.8, 4) is 11.5 Å². The molecule has 0 atom stereocenters. The molecule has 1 aromatic heterocycles. The minimum Gasteiger partial charge on any atom is -0.462 e. The Morgan fingerprint density at radius 1 is 1.38 bits per heavy atom. The van der Waals surface area contributed by atoms with Crippen LogP contribution in [-0.2, 0) is 4.74 Å². The van der Waals surface area contributed by atoms with Crippen LogP contribution in [0, 0.1) is 0 Å². The molecular formula is C14H14ClN2O4+. The van der Waals surface area contributed by atoms with E-state index in [0.29, 0.717) is 5.69 Å². The Balaban J connectivity index is 2.37. The van der Waals surface area contributed by atoms with Crippen molar-refractivity contribution in [2.45, 2.75) is 6.92 Å². The van der Waals surface area contributed by atoms with Crippen LogP contribution >= 0.6 is 11.6 Å². The fourth-order valence-electron chi connectivity index (χ4n) is 1.69. The lowest BCUT2D eigenvalue weighted by Crippen LogP contribution is -2.28. The molecule has 1 aromatic carbocycles. The van der Waals surface area contributed by atoms with Crippen molar-refractivity contribution in [2.24, 2.45) is 0 Å². The van der Waals surface area contributed by atoms with Crippen molar-refractivity contribution >= 4 is 23.3 Å². The molecular weight excluding hydrogens is 296 g/mol. The summed E-state index contributed by atoms with van der Waals surface area (Å²) < 4.78 is 11.3. The number of rotatable bonds is 4. The number of aromatic nitrogens is 1. The van der Waals surface area contributed by atoms with Gasteiger partial charge in [0, 0.05) is 16.5 Å². The number of benzene rings is 1. The first-order valence-corrected chi connectivity index (χ1v) is 6.53. The van der Waals surface area contributed by atoms with Gasteiger partial charge in [-0.3, -0.25) is 5.21 Å². The van der Waals surface area contributed by atoms with Crippen LogP contribution in [0.4, 0.5) is 5.69 Å². The largest absolute Gasteiger partial charge is 0.462 e. The van der Waals surface area contributed by atoms with Crippen LogP contribution in [-0.4, -0.2) is 17.8 Å². The molecule has 0 aliphatic heterocycles. The third kappa shape index (κ3) is 3.76. The van der Waals surface area contributed by atoms with E-state index in [1.165, 1.54) is 24.5 Å². The van der Waals surface area contributed by atoms with Gasteiger partial charge in [0.25, 0.3) is 6.20 Å². The fraction of sp³-hybridized carbons (Fsp3) is 0.143. The number of halogens is 1. The van der Waals surface area contributed by atoms with E-state index in [9.17, 15) is 10.0 Å². The highest BCUT2D eigenvalue weighted by Crippen LogP contribution is 2.28. The highest BCUT2D eigenvalue weighted by molar-refractivity contribution is 6.30. The normalized spacial score (nSPS) is 10.2. The van der Waals surface area contributed by atoms with Gasteiger partial charge in [-0.1, -0.05) is 11.6 Å². The summed E-state index contributed by atoms with van der Waals surface area (Å²) in [7, 11) is 0. The van der Waals surface area contributed by atoms with E-state index < -0.39 is 5.97 Å². The maximum absolute atomic E-state index is 11.9. The standard InChI is InChI=1S/C14H14ClN2O4/c1-2-20-14(18)12-6-10(16)3-4-13(12)21-11-5-9(15)7-17(19)8-11/h3-8,19H,2,16H2,1H3/q+1. The van der Waals surface area contributed by atoms with Gasteiger partial charge in [-0.15, -0.1) is 0 Å². The van der Waals surface area contributed by atoms with E-state index in [2.05, 4.69) is 0 Å². The molecule has 21 heavy (non-hydrogen) atoms. The summed E-state index contributed by atoms with van der Waals surface area (Å²) in [6.45, 7) is 1.94. The summed E-state index contributed by atoms with van der Waals surface area (Å²) >= 11 is 5.82. The zero-order chi connectivity index (χ0) is 15.4. The lowest BCUT2D eigenvalue weighted by molar-refractivity contribution is -0.904. The maximum Gasteiger partial charge on any atom is 0.342 e. The van der Waals surface area contributed by atoms with Gasteiger partial charge in [-0.25, -0.2) is 4.79 Å². The zero-order valence-electron chi connectivity index (χ0n) is 11.2. The zero-order valence-corrected chi connectivity index (χ0v) is 12.0. The number of nitrogens with zero attached hydrogens (tertiary/aromatic N) is 1. The molecule has 0 amide bonds. The van der Waals surface area contributed by atoms with Crippen LogP contribution in [0.15, 0.2) is 36.7 Å². The molecule has 2 rings (SSSR count). The molecule has 0 saturated carbocycles. The number of carbonyl (C=O) groups is 1. The third-order valence-electron chi connectivity index (χ3n) is 2.52. The average Bonchev–Trinajstić information content (AvgIpc) is 2.40. The Morgan fingerprint density at radius 3 is 2.81 bits per heavy atom. The first kappa shape index (κ1) is 14.9. The number of nitrogens with two attached hydrogens (primary N) is 1. The first-order valence-electron chi connectivity index (χ1n) is 6.15. The van der Waals surface area contributed by atoms with Crippen molar-refractivity contribution in [1.82, 2.24) is 0 Å². The molecule has 110 valence electrons. The molecule has 6 nitrogen and oxygen atoms in total. The quantitative estimate of drug-likeness (QED) is 0.392. The third-order valence-corrected chi connectivity index (χ3v) is 2.73. The number of hydrogen-bond donors (Lipinski definition) is 2. The number of hydrogen-bond acceptors (Lipinski definition) is 5. The van der Waals surface area contributed by atoms with Gasteiger partial charge in [0.05, 0.1) is 6.61 Å². The van der Waals surface area contributed by atoms with Crippen LogP contribution < -0.4 is 15.2 Å². The summed E-state index contributed by atoms with van der Waals surface area (Å²) in [6, 6.07) is 6.10. The Morgan fingerprint density at radius 2 is 2.14 bits per heavy atom. The smallest absolute Gasteiger partial charge is 0.342 e. The second-order valence-electron chi connectivity index (χ2n) is 4.15. The maximum atomic E-state index is 11.9. The van der Waals surface area contributed by atoms with Gasteiger partial charge in [-0.05, 0) is 25.1 Å². The van der Waals surface area contributed by atoms with Crippen molar-refractivity contribution in [3.63, 3.8) is 0 Å². The predicted octanol–water partition coefficient (Wildman–Crippen LogP) is 2.42. The second-order valence-corrected chi connectivity index (χ2v) is 4.58. The van der Waals surface area contributed by atoms with Crippen LogP contribution in [0.1, 0.15) is 17.3 Å². The van der Waals surface area contributed by atoms with E-state index >= 15 is 0 Å². The molecule has 3 N–H and O–H groups in total. The molecule has 1 heterocycles. The fourth-order valence-corrected chi connectivity index (χ4v) is 1.90. The Labute approximate surface area is 126 Å². The molecule has 0 unspecified atom stereocenters. The minimum atomic E-state index is -0.543. The van der Waals surface area contributed by atoms with Crippen molar-refractivity contribution in [1.29, 1.82) is 0 Å². The van der Waals surface area contributed by atoms with Crippen LogP contribution in [0.5, 0.6) is 11.5 Å². The van der Waals surface area contributed by atoms with Gasteiger partial charge >= 0.3 is 5.97 Å². The molecule has 7 heteroatoms. The molecule has 0 radical (unpaired) electrons. The monoisotopic (exact) mass is 309 g/mol. The molecule has 0 aliphatic rings. The van der Waals surface area contributed by atoms with Crippen molar-refractivity contribution in [3.05, 3.63) is 47.2 Å². The lowest BCUT2D eigenvalue weighted by atomic mass is 10.2. The van der Waals surface area contributed by atoms with Gasteiger partial charge < -0.3 is 15.2 Å². The summed E-state index contributed by atoms with van der Waals surface area (Å²) in [4.78, 5) is 11.9. The summed E-state index contributed by atoms with van der Waals surface area (Å²) in [5, 5.41) is 9.70. The van der Waals surface area contributed by atoms with E-state index in [1.807, 2.05) is 0 Å². The van der Waals surface area contributed by atoms with Gasteiger partial charge in [0.1, 0.15) is 16.3 Å². The predicted molar refractivity (Wildman–Crippen MR) is 75.7 cm³/mol. The SMILES string of the molecule is CCOC(=O)c1cc(N)ccc1Oc1cc(Cl)c[n+](O)c1. The lowest BCUT2D eigenvalue weighted by Gasteiger charge is -2.10. The molecule has 0 bridgehead atoms. The Hall–Kier alpha value is -2.47. The summed E-state index contributed by atoms with van der Waals surface area (Å²) in [5.41, 5.74) is 6.28. The molecule has 0 spiro atoms. The second kappa shape index (κ2) is 6.32. The summed E-state index contributed by atoms with van der Waals surface area (Å²) in [6.07, 6.45) is 2.60. The number of esters is 1. The number of carbonyl (C=O) groups excluding carboxylic acids is 1. The Bertz CT molecular complexity index is 656. The number of anilines is 1. The van der Waals surface area contributed by atoms with E-state index in [1.54, 1.807) is 19.1 Å². The van der Waals surface area contributed by atoms with Crippen LogP contribution in [0.2, 0.25) is 5.02 Å². The first-order chi connectivity index (χ1) is 9.99. The molecule has 0 fully saturated rings. The molecule has 0 aliphatic carbocycles. The van der Waals surface area contributed by atoms with Crippen LogP contribution in [0.25, 0.3) is 0 Å². The molecule has 0 saturated heterocycles. The average molecular weight is 310 g/mol. The highest BCUT2D eigenvalue weighted by atomic mass is 35.5. The van der Waals surface area contributed by atoms with E-state index in [0.717, 1.165) is 4.73 Å². The van der Waals surface area contributed by atoms with Crippen molar-refractivity contribution < 1.29 is 24.2 Å². The molecule has 2 aromatic rings. The van der Waals surface area contributed by atoms with Gasteiger partial charge in [-0.2, -0.15) is 0 Å².